The van der Waals surface area contributed by atoms with Gasteiger partial charge in [-0.2, -0.15) is 12.6 Å². The minimum atomic E-state index is -5.46. The Balaban J connectivity index is 3.08. The number of pyridine rings is 1. The number of aromatic nitrogens is 1. The van der Waals surface area contributed by atoms with Crippen LogP contribution >= 0.6 is 20.2 Å². The zero-order valence-corrected chi connectivity index (χ0v) is 11.6. The Bertz CT molecular complexity index is 518. The Kier molecular flexibility index (Phi) is 5.11. The van der Waals surface area contributed by atoms with E-state index in [9.17, 15) is 19.4 Å². The molecule has 7 nitrogen and oxygen atoms in total. The molecule has 0 aliphatic carbocycles. The molecule has 0 amide bonds. The molecule has 1 rings (SSSR count). The van der Waals surface area contributed by atoms with Gasteiger partial charge in [0.25, 0.3) is 0 Å². The van der Waals surface area contributed by atoms with Crippen LogP contribution in [0.5, 0.6) is 0 Å². The lowest BCUT2D eigenvalue weighted by Gasteiger charge is -2.32. The summed E-state index contributed by atoms with van der Waals surface area (Å²) < 4.78 is 12.7. The molecular weight excluding hydrogens is 293 g/mol. The molecule has 19 heavy (non-hydrogen) atoms. The third-order valence-electron chi connectivity index (χ3n) is 2.54. The Morgan fingerprint density at radius 3 is 2.68 bits per heavy atom. The molecule has 1 aromatic rings. The van der Waals surface area contributed by atoms with Gasteiger partial charge in [0.05, 0.1) is 0 Å². The van der Waals surface area contributed by atoms with Crippen molar-refractivity contribution in [1.29, 1.82) is 0 Å². The van der Waals surface area contributed by atoms with E-state index in [2.05, 4.69) is 12.6 Å². The second-order valence-corrected chi connectivity index (χ2v) is 6.22. The number of carboxylic acids is 1. The van der Waals surface area contributed by atoms with Crippen molar-refractivity contribution in [2.45, 2.75) is 18.3 Å². The Morgan fingerprint density at radius 1 is 1.58 bits per heavy atom. The monoisotopic (exact) mass is 307 g/mol. The van der Waals surface area contributed by atoms with Gasteiger partial charge < -0.3 is 24.6 Å². The van der Waals surface area contributed by atoms with Gasteiger partial charge in [0.1, 0.15) is 0 Å². The maximum Gasteiger partial charge on any atom is 0.345 e. The second-order valence-electron chi connectivity index (χ2n) is 3.99. The lowest BCUT2D eigenvalue weighted by atomic mass is 10.1. The van der Waals surface area contributed by atoms with Crippen molar-refractivity contribution in [1.82, 2.24) is 0 Å². The maximum absolute atomic E-state index is 11.0. The van der Waals surface area contributed by atoms with Crippen LogP contribution in [0.25, 0.3) is 0 Å². The molecule has 2 unspecified atom stereocenters. The Morgan fingerprint density at radius 2 is 2.21 bits per heavy atom. The fourth-order valence-corrected chi connectivity index (χ4v) is 2.37. The smallest absolute Gasteiger partial charge is 0.345 e. The molecule has 1 aromatic heterocycles. The predicted molar refractivity (Wildman–Crippen MR) is 66.6 cm³/mol. The zero-order chi connectivity index (χ0) is 14.7. The largest absolute Gasteiger partial charge is 0.776 e. The first-order chi connectivity index (χ1) is 8.70. The number of hydrogen-bond acceptors (Lipinski definition) is 5. The average molecular weight is 307 g/mol. The topological polar surface area (TPSA) is 122 Å². The zero-order valence-electron chi connectivity index (χ0n) is 9.84. The van der Waals surface area contributed by atoms with Gasteiger partial charge in [0.2, 0.25) is 5.34 Å². The van der Waals surface area contributed by atoms with Crippen LogP contribution in [0.15, 0.2) is 24.5 Å². The number of carbonyl (C=O) groups is 1. The molecule has 0 bridgehead atoms. The van der Waals surface area contributed by atoms with Crippen LogP contribution in [-0.2, 0) is 22.3 Å². The van der Waals surface area contributed by atoms with Gasteiger partial charge in [-0.3, -0.25) is 0 Å². The van der Waals surface area contributed by atoms with E-state index >= 15 is 0 Å². The predicted octanol–water partition coefficient (Wildman–Crippen LogP) is -1.23. The van der Waals surface area contributed by atoms with E-state index in [4.69, 9.17) is 10.00 Å². The summed E-state index contributed by atoms with van der Waals surface area (Å²) in [5, 5.41) is 15.2. The van der Waals surface area contributed by atoms with E-state index in [1.807, 2.05) is 0 Å². The van der Waals surface area contributed by atoms with E-state index in [0.717, 1.165) is 0 Å². The maximum atomic E-state index is 11.0. The fourth-order valence-electron chi connectivity index (χ4n) is 1.52. The number of aliphatic hydroxyl groups is 1. The summed E-state index contributed by atoms with van der Waals surface area (Å²) in [6, 6.07) is 3.03. The lowest BCUT2D eigenvalue weighted by molar-refractivity contribution is -0.692. The highest BCUT2D eigenvalue weighted by molar-refractivity contribution is 7.80. The number of thiol groups is 1. The summed E-state index contributed by atoms with van der Waals surface area (Å²) in [5.74, 6) is -1.48. The van der Waals surface area contributed by atoms with E-state index < -0.39 is 25.3 Å². The molecule has 0 aliphatic heterocycles. The van der Waals surface area contributed by atoms with Crippen LogP contribution in [0.3, 0.4) is 0 Å². The number of carboxylic acid groups (broad SMARTS) is 1. The molecule has 0 radical (unpaired) electrons. The average Bonchev–Trinajstić information content (AvgIpc) is 2.28. The molecule has 0 fully saturated rings. The van der Waals surface area contributed by atoms with Gasteiger partial charge in [-0.15, -0.1) is 0 Å². The lowest BCUT2D eigenvalue weighted by Crippen LogP contribution is -2.44. The summed E-state index contributed by atoms with van der Waals surface area (Å²) in [7, 11) is -5.46. The second kappa shape index (κ2) is 6.02. The standard InChI is InChI=1S/C10H14NO6PS/c12-9(13)10(14,18(15,16)17)6-8-2-1-3-11(7-8)4-5-19/h1-3,7,14H,4-6H2,(H3-,12,13,15,16,17,19). The van der Waals surface area contributed by atoms with Gasteiger partial charge in [-0.1, -0.05) is 0 Å². The van der Waals surface area contributed by atoms with Gasteiger partial charge in [0.15, 0.2) is 26.5 Å². The van der Waals surface area contributed by atoms with Gasteiger partial charge in [-0.05, 0) is 6.07 Å². The fraction of sp³-hybridized carbons (Fsp3) is 0.400. The summed E-state index contributed by atoms with van der Waals surface area (Å²) >= 11 is 4.03. The molecule has 9 heteroatoms. The quantitative estimate of drug-likeness (QED) is 0.296. The molecule has 0 saturated carbocycles. The van der Waals surface area contributed by atoms with Crippen LogP contribution < -0.4 is 9.46 Å². The van der Waals surface area contributed by atoms with Crippen LogP contribution in [0.4, 0.5) is 0 Å². The first-order valence-electron chi connectivity index (χ1n) is 5.29. The van der Waals surface area contributed by atoms with Crippen molar-refractivity contribution in [2.75, 3.05) is 5.75 Å². The summed E-state index contributed by atoms with van der Waals surface area (Å²) in [4.78, 5) is 30.8. The first-order valence-corrected chi connectivity index (χ1v) is 7.50. The van der Waals surface area contributed by atoms with E-state index in [0.29, 0.717) is 12.3 Å². The van der Waals surface area contributed by atoms with Crippen LogP contribution in [0.1, 0.15) is 5.56 Å². The number of hydrogen-bond donors (Lipinski definition) is 4. The highest BCUT2D eigenvalue weighted by Crippen LogP contribution is 2.46. The molecule has 0 saturated heterocycles. The minimum Gasteiger partial charge on any atom is -0.776 e. The SMILES string of the molecule is O=C(O)C(O)(Cc1ccc[n+](CCS)c1)P(=O)([O-])O. The van der Waals surface area contributed by atoms with Crippen molar-refractivity contribution in [2.24, 2.45) is 0 Å². The third kappa shape index (κ3) is 3.77. The Labute approximate surface area is 115 Å². The van der Waals surface area contributed by atoms with Crippen molar-refractivity contribution >= 4 is 26.2 Å². The van der Waals surface area contributed by atoms with Crippen molar-refractivity contribution in [3.63, 3.8) is 0 Å². The molecular formula is C10H14NO6PS. The first kappa shape index (κ1) is 16.1. The van der Waals surface area contributed by atoms with E-state index in [1.165, 1.54) is 12.3 Å². The molecule has 0 aromatic carbocycles. The van der Waals surface area contributed by atoms with Crippen molar-refractivity contribution in [3.8, 4) is 0 Å². The normalized spacial score (nSPS) is 17.5. The molecule has 1 heterocycles. The summed E-state index contributed by atoms with van der Waals surface area (Å²) in [6.07, 6.45) is 2.43. The van der Waals surface area contributed by atoms with Crippen molar-refractivity contribution < 1.29 is 33.9 Å². The molecule has 0 aliphatic rings. The summed E-state index contributed by atoms with van der Waals surface area (Å²) in [6.45, 7) is 0.538. The molecule has 2 atom stereocenters. The number of aryl methyl sites for hydroxylation is 1. The highest BCUT2D eigenvalue weighted by Gasteiger charge is 2.46. The number of nitrogens with zero attached hydrogens (tertiary/aromatic N) is 1. The number of aliphatic carboxylic acids is 1. The van der Waals surface area contributed by atoms with Crippen molar-refractivity contribution in [3.05, 3.63) is 30.1 Å². The van der Waals surface area contributed by atoms with Crippen LogP contribution in [-0.4, -0.2) is 32.2 Å². The molecule has 106 valence electrons. The summed E-state index contributed by atoms with van der Waals surface area (Å²) in [5.41, 5.74) is 0.263. The van der Waals surface area contributed by atoms with Gasteiger partial charge in [-0.25, -0.2) is 9.36 Å². The highest BCUT2D eigenvalue weighted by atomic mass is 32.1. The molecule has 3 N–H and O–H groups in total. The Hall–Kier alpha value is -0.920. The number of rotatable bonds is 6. The minimum absolute atomic E-state index is 0.263. The van der Waals surface area contributed by atoms with Gasteiger partial charge in [0, 0.05) is 23.8 Å². The third-order valence-corrected chi connectivity index (χ3v) is 4.02. The molecule has 0 spiro atoms. The van der Waals surface area contributed by atoms with E-state index in [1.54, 1.807) is 16.8 Å². The van der Waals surface area contributed by atoms with Crippen LogP contribution in [0.2, 0.25) is 0 Å². The van der Waals surface area contributed by atoms with Gasteiger partial charge >= 0.3 is 5.97 Å². The van der Waals surface area contributed by atoms with E-state index in [-0.39, 0.29) is 5.56 Å². The van der Waals surface area contributed by atoms with Crippen LogP contribution in [0, 0.1) is 0 Å².